The largest absolute Gasteiger partial charge is 0.396 e. The van der Waals surface area contributed by atoms with Gasteiger partial charge in [0.1, 0.15) is 6.54 Å². The van der Waals surface area contributed by atoms with Gasteiger partial charge in [0.05, 0.1) is 5.69 Å². The number of nitrogens with zero attached hydrogens (tertiary/aromatic N) is 2. The van der Waals surface area contributed by atoms with E-state index in [1.165, 1.54) is 6.07 Å². The van der Waals surface area contributed by atoms with E-state index in [1.807, 2.05) is 51.1 Å². The Hall–Kier alpha value is -2.47. The minimum absolute atomic E-state index is 0.0100. The summed E-state index contributed by atoms with van der Waals surface area (Å²) in [6.45, 7) is 5.82. The minimum Gasteiger partial charge on any atom is -0.396 e. The molecule has 0 aliphatic heterocycles. The Morgan fingerprint density at radius 3 is 2.48 bits per heavy atom. The van der Waals surface area contributed by atoms with Gasteiger partial charge >= 0.3 is 0 Å². The van der Waals surface area contributed by atoms with E-state index in [-0.39, 0.29) is 36.1 Å². The van der Waals surface area contributed by atoms with E-state index in [4.69, 9.17) is 0 Å². The van der Waals surface area contributed by atoms with Gasteiger partial charge in [0, 0.05) is 24.3 Å². The summed E-state index contributed by atoms with van der Waals surface area (Å²) in [4.78, 5) is 24.4. The van der Waals surface area contributed by atoms with E-state index in [2.05, 4.69) is 10.4 Å². The third-order valence-corrected chi connectivity index (χ3v) is 4.03. The molecule has 2 N–H and O–H groups in total. The second kappa shape index (κ2) is 8.07. The number of aliphatic hydroxyl groups is 1. The van der Waals surface area contributed by atoms with E-state index < -0.39 is 0 Å². The Morgan fingerprint density at radius 2 is 1.88 bits per heavy atom. The van der Waals surface area contributed by atoms with Crippen molar-refractivity contribution in [1.29, 1.82) is 0 Å². The number of aliphatic hydroxyl groups excluding tert-OH is 1. The first-order valence-corrected chi connectivity index (χ1v) is 8.35. The molecule has 1 aromatic carbocycles. The molecule has 6 nitrogen and oxygen atoms in total. The Bertz CT molecular complexity index is 763. The van der Waals surface area contributed by atoms with Gasteiger partial charge in [0.25, 0.3) is 5.56 Å². The lowest BCUT2D eigenvalue weighted by atomic mass is 9.85. The molecular weight excluding hydrogens is 318 g/mol. The first-order valence-electron chi connectivity index (χ1n) is 8.35. The van der Waals surface area contributed by atoms with Crippen molar-refractivity contribution in [2.24, 2.45) is 5.41 Å². The van der Waals surface area contributed by atoms with Crippen molar-refractivity contribution in [3.63, 3.8) is 0 Å². The molecule has 0 saturated carbocycles. The van der Waals surface area contributed by atoms with E-state index in [0.29, 0.717) is 12.1 Å². The summed E-state index contributed by atoms with van der Waals surface area (Å²) < 4.78 is 1.16. The highest BCUT2D eigenvalue weighted by molar-refractivity contribution is 5.76. The Kier molecular flexibility index (Phi) is 6.09. The summed E-state index contributed by atoms with van der Waals surface area (Å²) in [6, 6.07) is 12.4. The molecule has 1 aromatic heterocycles. The van der Waals surface area contributed by atoms with Crippen LogP contribution in [-0.2, 0) is 11.3 Å². The fourth-order valence-corrected chi connectivity index (χ4v) is 2.55. The number of carbonyl (C=O) groups excluding carboxylic acids is 1. The lowest BCUT2D eigenvalue weighted by molar-refractivity contribution is -0.123. The molecule has 1 atom stereocenters. The summed E-state index contributed by atoms with van der Waals surface area (Å²) in [5, 5.41) is 16.4. The van der Waals surface area contributed by atoms with Gasteiger partial charge in [-0.2, -0.15) is 5.10 Å². The highest BCUT2D eigenvalue weighted by Gasteiger charge is 2.25. The highest BCUT2D eigenvalue weighted by atomic mass is 16.3. The second-order valence-corrected chi connectivity index (χ2v) is 7.08. The Labute approximate surface area is 147 Å². The lowest BCUT2D eigenvalue weighted by Gasteiger charge is -2.31. The van der Waals surface area contributed by atoms with Crippen LogP contribution < -0.4 is 10.9 Å². The first kappa shape index (κ1) is 18.9. The maximum absolute atomic E-state index is 12.4. The molecule has 0 aliphatic carbocycles. The Balaban J connectivity index is 2.16. The molecule has 1 amide bonds. The van der Waals surface area contributed by atoms with Crippen LogP contribution >= 0.6 is 0 Å². The van der Waals surface area contributed by atoms with Gasteiger partial charge in [0.2, 0.25) is 5.91 Å². The van der Waals surface area contributed by atoms with Gasteiger partial charge in [-0.15, -0.1) is 0 Å². The molecule has 0 radical (unpaired) electrons. The third kappa shape index (κ3) is 5.26. The predicted molar refractivity (Wildman–Crippen MR) is 97.0 cm³/mol. The molecule has 2 aromatic rings. The van der Waals surface area contributed by atoms with Crippen LogP contribution in [0, 0.1) is 5.41 Å². The number of rotatable bonds is 6. The van der Waals surface area contributed by atoms with Gasteiger partial charge in [-0.1, -0.05) is 51.1 Å². The number of amides is 1. The molecule has 2 rings (SSSR count). The van der Waals surface area contributed by atoms with Gasteiger partial charge in [-0.05, 0) is 17.9 Å². The smallest absolute Gasteiger partial charge is 0.267 e. The average Bonchev–Trinajstić information content (AvgIpc) is 2.56. The minimum atomic E-state index is -0.329. The van der Waals surface area contributed by atoms with Gasteiger partial charge in [-0.25, -0.2) is 4.68 Å². The molecule has 6 heteroatoms. The molecular formula is C19H25N3O3. The van der Waals surface area contributed by atoms with Crippen LogP contribution in [0.5, 0.6) is 0 Å². The number of hydrogen-bond donors (Lipinski definition) is 2. The molecule has 134 valence electrons. The van der Waals surface area contributed by atoms with Crippen molar-refractivity contribution in [2.45, 2.75) is 39.8 Å². The Morgan fingerprint density at radius 1 is 1.20 bits per heavy atom. The quantitative estimate of drug-likeness (QED) is 0.838. The fourth-order valence-electron chi connectivity index (χ4n) is 2.55. The molecule has 25 heavy (non-hydrogen) atoms. The zero-order valence-corrected chi connectivity index (χ0v) is 14.9. The molecule has 0 fully saturated rings. The zero-order chi connectivity index (χ0) is 18.4. The molecule has 0 spiro atoms. The van der Waals surface area contributed by atoms with Gasteiger partial charge < -0.3 is 10.4 Å². The SMILES string of the molecule is CC(C)(C)C(CCO)NC(=O)Cn1nc(-c2ccccc2)ccc1=O. The van der Waals surface area contributed by atoms with Crippen molar-refractivity contribution >= 4 is 5.91 Å². The summed E-state index contributed by atoms with van der Waals surface area (Å²) in [5.41, 5.74) is 0.993. The molecule has 0 bridgehead atoms. The van der Waals surface area contributed by atoms with Crippen LogP contribution in [0.2, 0.25) is 0 Å². The normalized spacial score (nSPS) is 12.6. The summed E-state index contributed by atoms with van der Waals surface area (Å²) in [7, 11) is 0. The average molecular weight is 343 g/mol. The van der Waals surface area contributed by atoms with E-state index in [9.17, 15) is 14.7 Å². The maximum Gasteiger partial charge on any atom is 0.267 e. The highest BCUT2D eigenvalue weighted by Crippen LogP contribution is 2.21. The van der Waals surface area contributed by atoms with Crippen LogP contribution in [-0.4, -0.2) is 33.4 Å². The fraction of sp³-hybridized carbons (Fsp3) is 0.421. The number of benzene rings is 1. The van der Waals surface area contributed by atoms with Crippen LogP contribution in [0.3, 0.4) is 0 Å². The van der Waals surface area contributed by atoms with Gasteiger partial charge in [0.15, 0.2) is 0 Å². The van der Waals surface area contributed by atoms with Crippen LogP contribution in [0.4, 0.5) is 0 Å². The molecule has 1 unspecified atom stereocenters. The zero-order valence-electron chi connectivity index (χ0n) is 14.9. The maximum atomic E-state index is 12.4. The van der Waals surface area contributed by atoms with E-state index >= 15 is 0 Å². The van der Waals surface area contributed by atoms with Crippen molar-refractivity contribution < 1.29 is 9.90 Å². The van der Waals surface area contributed by atoms with Gasteiger partial charge in [-0.3, -0.25) is 9.59 Å². The van der Waals surface area contributed by atoms with Crippen LogP contribution in [0.25, 0.3) is 11.3 Å². The lowest BCUT2D eigenvalue weighted by Crippen LogP contribution is -2.46. The van der Waals surface area contributed by atoms with Crippen molar-refractivity contribution in [3.05, 3.63) is 52.8 Å². The molecule has 0 aliphatic rings. The van der Waals surface area contributed by atoms with Crippen molar-refractivity contribution in [1.82, 2.24) is 15.1 Å². The van der Waals surface area contributed by atoms with Crippen LogP contribution in [0.15, 0.2) is 47.3 Å². The monoisotopic (exact) mass is 343 g/mol. The molecule has 1 heterocycles. The number of hydrogen-bond acceptors (Lipinski definition) is 4. The first-order chi connectivity index (χ1) is 11.8. The second-order valence-electron chi connectivity index (χ2n) is 7.08. The topological polar surface area (TPSA) is 84.2 Å². The summed E-state index contributed by atoms with van der Waals surface area (Å²) in [6.07, 6.45) is 0.460. The van der Waals surface area contributed by atoms with Crippen LogP contribution in [0.1, 0.15) is 27.2 Å². The number of nitrogens with one attached hydrogen (secondary N) is 1. The predicted octanol–water partition coefficient (Wildman–Crippen LogP) is 1.82. The third-order valence-electron chi connectivity index (χ3n) is 4.03. The van der Waals surface area contributed by atoms with Crippen molar-refractivity contribution in [3.8, 4) is 11.3 Å². The molecule has 0 saturated heterocycles. The number of aromatic nitrogens is 2. The van der Waals surface area contributed by atoms with E-state index in [1.54, 1.807) is 6.07 Å². The number of carbonyl (C=O) groups is 1. The summed E-state index contributed by atoms with van der Waals surface area (Å²) in [5.74, 6) is -0.298. The summed E-state index contributed by atoms with van der Waals surface area (Å²) >= 11 is 0. The van der Waals surface area contributed by atoms with Crippen molar-refractivity contribution in [2.75, 3.05) is 6.61 Å². The standard InChI is InChI=1S/C19H25N3O3/c1-19(2,3)16(11-12-23)20-17(24)13-22-18(25)10-9-15(21-22)14-7-5-4-6-8-14/h4-10,16,23H,11-13H2,1-3H3,(H,20,24). The van der Waals surface area contributed by atoms with E-state index in [0.717, 1.165) is 10.2 Å².